The van der Waals surface area contributed by atoms with Gasteiger partial charge in [0.15, 0.2) is 16.3 Å². The third-order valence-corrected chi connectivity index (χ3v) is 5.86. The zero-order valence-electron chi connectivity index (χ0n) is 15.1. The molecule has 0 aliphatic carbocycles. The van der Waals surface area contributed by atoms with E-state index >= 15 is 0 Å². The summed E-state index contributed by atoms with van der Waals surface area (Å²) in [6, 6.07) is 17.4. The Balaban J connectivity index is 1.82. The van der Waals surface area contributed by atoms with E-state index in [1.807, 2.05) is 59.2 Å². The fourth-order valence-electron chi connectivity index (χ4n) is 3.00. The molecule has 0 aliphatic rings. The Bertz CT molecular complexity index is 1260. The minimum Gasteiger partial charge on any atom is -0.309 e. The summed E-state index contributed by atoms with van der Waals surface area (Å²) >= 11 is 7.75. The lowest BCUT2D eigenvalue weighted by atomic mass is 10.2. The fraction of sp³-hybridized carbons (Fsp3) is 0.150. The summed E-state index contributed by atoms with van der Waals surface area (Å²) in [4.78, 5) is 31.5. The minimum absolute atomic E-state index is 0.367. The SMILES string of the molecule is Cn1c(=O)[nH]c(=O)c2c1nc(SCc1ccccc1Cl)n2Cc1ccccc1. The van der Waals surface area contributed by atoms with Crippen LogP contribution >= 0.6 is 23.4 Å². The normalized spacial score (nSPS) is 11.2. The molecule has 8 heteroatoms. The van der Waals surface area contributed by atoms with Gasteiger partial charge in [0.2, 0.25) is 0 Å². The lowest BCUT2D eigenvalue weighted by molar-refractivity contribution is 0.728. The van der Waals surface area contributed by atoms with Gasteiger partial charge in [0.25, 0.3) is 5.56 Å². The van der Waals surface area contributed by atoms with Gasteiger partial charge in [0.05, 0.1) is 6.54 Å². The molecule has 28 heavy (non-hydrogen) atoms. The number of hydrogen-bond donors (Lipinski definition) is 1. The number of rotatable bonds is 5. The molecule has 0 unspecified atom stereocenters. The number of nitrogens with zero attached hydrogens (tertiary/aromatic N) is 3. The van der Waals surface area contributed by atoms with E-state index in [0.29, 0.717) is 33.6 Å². The number of fused-ring (bicyclic) bond motifs is 1. The molecule has 0 atom stereocenters. The van der Waals surface area contributed by atoms with Crippen molar-refractivity contribution in [2.24, 2.45) is 7.05 Å². The summed E-state index contributed by atoms with van der Waals surface area (Å²) in [5.74, 6) is 0.601. The Morgan fingerprint density at radius 2 is 1.79 bits per heavy atom. The average molecular weight is 413 g/mol. The number of hydrogen-bond acceptors (Lipinski definition) is 4. The topological polar surface area (TPSA) is 72.7 Å². The van der Waals surface area contributed by atoms with Crippen molar-refractivity contribution in [3.63, 3.8) is 0 Å². The second kappa shape index (κ2) is 7.69. The maximum absolute atomic E-state index is 12.5. The summed E-state index contributed by atoms with van der Waals surface area (Å²) < 4.78 is 3.21. The van der Waals surface area contributed by atoms with Gasteiger partial charge >= 0.3 is 5.69 Å². The number of thioether (sulfide) groups is 1. The summed E-state index contributed by atoms with van der Waals surface area (Å²) in [6.45, 7) is 0.476. The Hall–Kier alpha value is -2.77. The second-order valence-corrected chi connectivity index (χ2v) is 7.69. The molecule has 2 heterocycles. The molecule has 0 radical (unpaired) electrons. The van der Waals surface area contributed by atoms with Crippen LogP contribution in [0.1, 0.15) is 11.1 Å². The van der Waals surface area contributed by atoms with Gasteiger partial charge in [-0.2, -0.15) is 0 Å². The maximum Gasteiger partial charge on any atom is 0.329 e. The van der Waals surface area contributed by atoms with Gasteiger partial charge in [0.1, 0.15) is 0 Å². The molecule has 4 aromatic rings. The van der Waals surface area contributed by atoms with Crippen LogP contribution in [0.25, 0.3) is 11.2 Å². The van der Waals surface area contributed by atoms with E-state index in [4.69, 9.17) is 11.6 Å². The van der Waals surface area contributed by atoms with Crippen LogP contribution in [-0.2, 0) is 19.3 Å². The first-order chi connectivity index (χ1) is 13.5. The summed E-state index contributed by atoms with van der Waals surface area (Å²) in [6.07, 6.45) is 0. The lowest BCUT2D eigenvalue weighted by Crippen LogP contribution is -2.29. The molecule has 0 saturated heterocycles. The highest BCUT2D eigenvalue weighted by Gasteiger charge is 2.18. The van der Waals surface area contributed by atoms with Gasteiger partial charge in [-0.1, -0.05) is 71.9 Å². The highest BCUT2D eigenvalue weighted by atomic mass is 35.5. The van der Waals surface area contributed by atoms with Crippen LogP contribution in [0.5, 0.6) is 0 Å². The molecule has 2 aromatic heterocycles. The smallest absolute Gasteiger partial charge is 0.309 e. The molecule has 1 N–H and O–H groups in total. The molecule has 2 aromatic carbocycles. The molecular formula is C20H17ClN4O2S. The van der Waals surface area contributed by atoms with Crippen molar-refractivity contribution in [3.05, 3.63) is 91.6 Å². The molecule has 0 fully saturated rings. The Labute approximate surface area is 169 Å². The van der Waals surface area contributed by atoms with Crippen molar-refractivity contribution in [2.45, 2.75) is 17.5 Å². The van der Waals surface area contributed by atoms with Gasteiger partial charge in [-0.15, -0.1) is 0 Å². The molecule has 0 spiro atoms. The standard InChI is InChI=1S/C20H17ClN4O2S/c1-24-17-16(18(26)23-19(24)27)25(11-13-7-3-2-4-8-13)20(22-17)28-12-14-9-5-6-10-15(14)21/h2-10H,11-12H2,1H3,(H,23,26,27). The Morgan fingerprint density at radius 3 is 2.54 bits per heavy atom. The first kappa shape index (κ1) is 18.6. The zero-order chi connectivity index (χ0) is 19.7. The molecule has 6 nitrogen and oxygen atoms in total. The van der Waals surface area contributed by atoms with E-state index in [0.717, 1.165) is 11.1 Å². The highest BCUT2D eigenvalue weighted by Crippen LogP contribution is 2.28. The number of aromatic nitrogens is 4. The van der Waals surface area contributed by atoms with Crippen molar-refractivity contribution in [1.29, 1.82) is 0 Å². The van der Waals surface area contributed by atoms with Gasteiger partial charge < -0.3 is 4.57 Å². The molecule has 142 valence electrons. The summed E-state index contributed by atoms with van der Waals surface area (Å²) in [7, 11) is 1.60. The van der Waals surface area contributed by atoms with Crippen molar-refractivity contribution in [1.82, 2.24) is 19.1 Å². The number of aromatic amines is 1. The molecule has 0 bridgehead atoms. The summed E-state index contributed by atoms with van der Waals surface area (Å²) in [5, 5.41) is 1.34. The van der Waals surface area contributed by atoms with Crippen LogP contribution in [-0.4, -0.2) is 19.1 Å². The zero-order valence-corrected chi connectivity index (χ0v) is 16.6. The van der Waals surface area contributed by atoms with E-state index in [2.05, 4.69) is 9.97 Å². The van der Waals surface area contributed by atoms with Gasteiger partial charge in [-0.25, -0.2) is 9.78 Å². The van der Waals surface area contributed by atoms with Crippen LogP contribution in [0.15, 0.2) is 69.3 Å². The number of halogens is 1. The van der Waals surface area contributed by atoms with Gasteiger partial charge in [0, 0.05) is 17.8 Å². The minimum atomic E-state index is -0.482. The van der Waals surface area contributed by atoms with Crippen LogP contribution in [0.4, 0.5) is 0 Å². The maximum atomic E-state index is 12.5. The Kier molecular flexibility index (Phi) is 5.11. The van der Waals surface area contributed by atoms with Crippen LogP contribution < -0.4 is 11.2 Å². The monoisotopic (exact) mass is 412 g/mol. The molecular weight excluding hydrogens is 396 g/mol. The van der Waals surface area contributed by atoms with Crippen molar-refractivity contribution < 1.29 is 0 Å². The summed E-state index contributed by atoms with van der Waals surface area (Å²) in [5.41, 5.74) is 1.85. The third-order valence-electron chi connectivity index (χ3n) is 4.47. The van der Waals surface area contributed by atoms with Crippen LogP contribution in [0.3, 0.4) is 0 Å². The third kappa shape index (κ3) is 3.50. The number of H-pyrrole nitrogens is 1. The fourth-order valence-corrected chi connectivity index (χ4v) is 4.28. The lowest BCUT2D eigenvalue weighted by Gasteiger charge is -2.09. The molecule has 0 amide bonds. The average Bonchev–Trinajstić information content (AvgIpc) is 3.05. The van der Waals surface area contributed by atoms with Crippen molar-refractivity contribution in [2.75, 3.05) is 0 Å². The van der Waals surface area contributed by atoms with Crippen LogP contribution in [0, 0.1) is 0 Å². The number of benzene rings is 2. The van der Waals surface area contributed by atoms with E-state index in [1.165, 1.54) is 16.3 Å². The molecule has 0 aliphatic heterocycles. The van der Waals surface area contributed by atoms with E-state index in [9.17, 15) is 9.59 Å². The van der Waals surface area contributed by atoms with Gasteiger partial charge in [-0.05, 0) is 17.2 Å². The van der Waals surface area contributed by atoms with E-state index in [-0.39, 0.29) is 0 Å². The highest BCUT2D eigenvalue weighted by molar-refractivity contribution is 7.98. The number of aryl methyl sites for hydroxylation is 1. The van der Waals surface area contributed by atoms with Crippen LogP contribution in [0.2, 0.25) is 5.02 Å². The first-order valence-corrected chi connectivity index (χ1v) is 10.0. The van der Waals surface area contributed by atoms with E-state index in [1.54, 1.807) is 7.05 Å². The molecule has 0 saturated carbocycles. The first-order valence-electron chi connectivity index (χ1n) is 8.64. The Morgan fingerprint density at radius 1 is 1.07 bits per heavy atom. The van der Waals surface area contributed by atoms with Gasteiger partial charge in [-0.3, -0.25) is 14.3 Å². The molecule has 4 rings (SSSR count). The largest absolute Gasteiger partial charge is 0.329 e. The number of nitrogens with one attached hydrogen (secondary N) is 1. The quantitative estimate of drug-likeness (QED) is 0.510. The van der Waals surface area contributed by atoms with E-state index < -0.39 is 11.2 Å². The number of imidazole rings is 1. The second-order valence-electron chi connectivity index (χ2n) is 6.34. The van der Waals surface area contributed by atoms with Crippen molar-refractivity contribution in [3.8, 4) is 0 Å². The predicted octanol–water partition coefficient (Wildman–Crippen LogP) is 3.42. The van der Waals surface area contributed by atoms with Crippen molar-refractivity contribution >= 4 is 34.5 Å². The predicted molar refractivity (Wildman–Crippen MR) is 112 cm³/mol.